The molecule has 0 aliphatic rings. The van der Waals surface area contributed by atoms with Crippen LogP contribution in [-0.2, 0) is 11.4 Å². The van der Waals surface area contributed by atoms with Crippen molar-refractivity contribution in [2.24, 2.45) is 11.1 Å². The molecular formula is C17H24N4O3. The van der Waals surface area contributed by atoms with Crippen LogP contribution in [0.25, 0.3) is 0 Å². The molecule has 0 saturated carbocycles. The third-order valence-electron chi connectivity index (χ3n) is 4.27. The van der Waals surface area contributed by atoms with Crippen LogP contribution < -0.4 is 15.8 Å². The predicted molar refractivity (Wildman–Crippen MR) is 90.5 cm³/mol. The highest BCUT2D eigenvalue weighted by molar-refractivity contribution is 5.95. The maximum Gasteiger partial charge on any atom is 0.264 e. The largest absolute Gasteiger partial charge is 0.484 e. The molecule has 1 aromatic heterocycles. The number of nitrogens with two attached hydrogens (primary N) is 1. The summed E-state index contributed by atoms with van der Waals surface area (Å²) in [5.41, 5.74) is 5.99. The van der Waals surface area contributed by atoms with E-state index in [9.17, 15) is 4.79 Å². The molecule has 7 nitrogen and oxygen atoms in total. The van der Waals surface area contributed by atoms with Crippen molar-refractivity contribution in [3.63, 3.8) is 0 Å². The summed E-state index contributed by atoms with van der Waals surface area (Å²) in [6, 6.07) is 7.14. The molecule has 1 amide bonds. The smallest absolute Gasteiger partial charge is 0.264 e. The van der Waals surface area contributed by atoms with Crippen LogP contribution in [0.5, 0.6) is 5.75 Å². The van der Waals surface area contributed by atoms with Crippen molar-refractivity contribution in [1.82, 2.24) is 10.1 Å². The first-order valence-corrected chi connectivity index (χ1v) is 8.06. The first kappa shape index (κ1) is 17.9. The summed E-state index contributed by atoms with van der Waals surface area (Å²) < 4.78 is 10.5. The predicted octanol–water partition coefficient (Wildman–Crippen LogP) is 2.66. The number of anilines is 1. The van der Waals surface area contributed by atoms with Gasteiger partial charge in [0.15, 0.2) is 12.4 Å². The zero-order chi connectivity index (χ0) is 17.6. The average molecular weight is 332 g/mol. The van der Waals surface area contributed by atoms with E-state index in [4.69, 9.17) is 15.0 Å². The molecule has 0 fully saturated rings. The molecule has 0 radical (unpaired) electrons. The number of amides is 1. The highest BCUT2D eigenvalue weighted by Crippen LogP contribution is 2.27. The topological polar surface area (TPSA) is 103 Å². The Morgan fingerprint density at radius 3 is 2.46 bits per heavy atom. The lowest BCUT2D eigenvalue weighted by molar-refractivity contribution is -0.125. The summed E-state index contributed by atoms with van der Waals surface area (Å²) in [7, 11) is 0. The second kappa shape index (κ2) is 7.92. The van der Waals surface area contributed by atoms with Gasteiger partial charge in [0.2, 0.25) is 5.91 Å². The van der Waals surface area contributed by atoms with Gasteiger partial charge in [-0.2, -0.15) is 4.98 Å². The van der Waals surface area contributed by atoms with Crippen LogP contribution in [0.2, 0.25) is 0 Å². The van der Waals surface area contributed by atoms with Gasteiger partial charge < -0.3 is 20.3 Å². The molecule has 2 rings (SSSR count). The first-order chi connectivity index (χ1) is 11.5. The van der Waals surface area contributed by atoms with E-state index in [-0.39, 0.29) is 12.5 Å². The molecule has 0 unspecified atom stereocenters. The van der Waals surface area contributed by atoms with Crippen LogP contribution >= 0.6 is 0 Å². The average Bonchev–Trinajstić information content (AvgIpc) is 3.02. The summed E-state index contributed by atoms with van der Waals surface area (Å²) in [5.74, 6) is 1.59. The minimum absolute atomic E-state index is 0.0509. The maximum atomic E-state index is 12.5. The van der Waals surface area contributed by atoms with Gasteiger partial charge in [0, 0.05) is 12.2 Å². The highest BCUT2D eigenvalue weighted by atomic mass is 16.5. The van der Waals surface area contributed by atoms with Crippen molar-refractivity contribution < 1.29 is 14.1 Å². The van der Waals surface area contributed by atoms with Gasteiger partial charge in [-0.1, -0.05) is 19.0 Å². The normalized spacial score (nSPS) is 11.3. The quantitative estimate of drug-likeness (QED) is 0.770. The van der Waals surface area contributed by atoms with Crippen molar-refractivity contribution in [2.45, 2.75) is 40.2 Å². The summed E-state index contributed by atoms with van der Waals surface area (Å²) in [6.07, 6.45) is 1.41. The van der Waals surface area contributed by atoms with E-state index < -0.39 is 5.41 Å². The molecule has 0 atom stereocenters. The number of nitrogens with one attached hydrogen (secondary N) is 1. The Morgan fingerprint density at radius 1 is 1.29 bits per heavy atom. The molecule has 0 spiro atoms. The minimum Gasteiger partial charge on any atom is -0.484 e. The first-order valence-electron chi connectivity index (χ1n) is 8.06. The molecule has 0 bridgehead atoms. The number of hydrogen-bond donors (Lipinski definition) is 2. The van der Waals surface area contributed by atoms with Crippen LogP contribution in [0.4, 0.5) is 5.69 Å². The van der Waals surface area contributed by atoms with Gasteiger partial charge in [0.05, 0.1) is 5.41 Å². The SMILES string of the molecule is CCC(CC)(CN)C(=O)Nc1ccc(OCc2nc(C)no2)cc1. The van der Waals surface area contributed by atoms with E-state index in [0.717, 1.165) is 0 Å². The van der Waals surface area contributed by atoms with Crippen molar-refractivity contribution in [1.29, 1.82) is 0 Å². The highest BCUT2D eigenvalue weighted by Gasteiger charge is 2.33. The third-order valence-corrected chi connectivity index (χ3v) is 4.27. The fourth-order valence-corrected chi connectivity index (χ4v) is 2.39. The zero-order valence-corrected chi connectivity index (χ0v) is 14.3. The van der Waals surface area contributed by atoms with Gasteiger partial charge in [-0.15, -0.1) is 0 Å². The molecule has 0 aliphatic heterocycles. The second-order valence-corrected chi connectivity index (χ2v) is 5.69. The molecule has 0 saturated heterocycles. The van der Waals surface area contributed by atoms with E-state index in [1.54, 1.807) is 31.2 Å². The fourth-order valence-electron chi connectivity index (χ4n) is 2.39. The third kappa shape index (κ3) is 4.11. The van der Waals surface area contributed by atoms with E-state index >= 15 is 0 Å². The summed E-state index contributed by atoms with van der Waals surface area (Å²) in [5, 5.41) is 6.62. The number of carbonyl (C=O) groups excluding carboxylic acids is 1. The van der Waals surface area contributed by atoms with Gasteiger partial charge in [-0.05, 0) is 44.0 Å². The summed E-state index contributed by atoms with van der Waals surface area (Å²) in [4.78, 5) is 16.5. The summed E-state index contributed by atoms with van der Waals surface area (Å²) in [6.45, 7) is 6.24. The van der Waals surface area contributed by atoms with Crippen LogP contribution in [0, 0.1) is 12.3 Å². The van der Waals surface area contributed by atoms with Crippen molar-refractivity contribution in [2.75, 3.05) is 11.9 Å². The molecule has 0 aliphatic carbocycles. The van der Waals surface area contributed by atoms with Crippen LogP contribution in [0.3, 0.4) is 0 Å². The van der Waals surface area contributed by atoms with Crippen molar-refractivity contribution in [3.8, 4) is 5.75 Å². The molecule has 1 aromatic carbocycles. The number of aromatic nitrogens is 2. The molecule has 130 valence electrons. The Kier molecular flexibility index (Phi) is 5.92. The number of ether oxygens (including phenoxy) is 1. The summed E-state index contributed by atoms with van der Waals surface area (Å²) >= 11 is 0. The van der Waals surface area contributed by atoms with E-state index in [2.05, 4.69) is 15.5 Å². The Hall–Kier alpha value is -2.41. The maximum absolute atomic E-state index is 12.5. The van der Waals surface area contributed by atoms with Gasteiger partial charge in [-0.3, -0.25) is 4.79 Å². The number of carbonyl (C=O) groups is 1. The molecule has 7 heteroatoms. The van der Waals surface area contributed by atoms with Crippen LogP contribution in [0.15, 0.2) is 28.8 Å². The fraction of sp³-hybridized carbons (Fsp3) is 0.471. The van der Waals surface area contributed by atoms with E-state index in [1.165, 1.54) is 0 Å². The Morgan fingerprint density at radius 2 is 1.96 bits per heavy atom. The Labute approximate surface area is 141 Å². The molecule has 24 heavy (non-hydrogen) atoms. The Bertz CT molecular complexity index is 654. The number of aryl methyl sites for hydroxylation is 1. The van der Waals surface area contributed by atoms with Gasteiger partial charge in [-0.25, -0.2) is 0 Å². The molecule has 2 aromatic rings. The zero-order valence-electron chi connectivity index (χ0n) is 14.3. The number of rotatable bonds is 8. The van der Waals surface area contributed by atoms with Gasteiger partial charge in [0.1, 0.15) is 5.75 Å². The minimum atomic E-state index is -0.523. The second-order valence-electron chi connectivity index (χ2n) is 5.69. The molecular weight excluding hydrogens is 308 g/mol. The lowest BCUT2D eigenvalue weighted by Gasteiger charge is -2.28. The monoisotopic (exact) mass is 332 g/mol. The van der Waals surface area contributed by atoms with Gasteiger partial charge in [0.25, 0.3) is 5.89 Å². The van der Waals surface area contributed by atoms with Crippen molar-refractivity contribution >= 4 is 11.6 Å². The Balaban J connectivity index is 1.95. The van der Waals surface area contributed by atoms with Gasteiger partial charge >= 0.3 is 0 Å². The van der Waals surface area contributed by atoms with Crippen LogP contribution in [0.1, 0.15) is 38.4 Å². The molecule has 1 heterocycles. The van der Waals surface area contributed by atoms with Crippen molar-refractivity contribution in [3.05, 3.63) is 36.0 Å². The standard InChI is InChI=1S/C17H24N4O3/c1-4-17(5-2,11-18)16(22)20-13-6-8-14(9-7-13)23-10-15-19-12(3)21-24-15/h6-9H,4-5,10-11,18H2,1-3H3,(H,20,22). The van der Waals surface area contributed by atoms with E-state index in [0.29, 0.717) is 42.5 Å². The molecule has 3 N–H and O–H groups in total. The lowest BCUT2D eigenvalue weighted by Crippen LogP contribution is -2.41. The number of benzene rings is 1. The van der Waals surface area contributed by atoms with Crippen LogP contribution in [-0.4, -0.2) is 22.6 Å². The number of hydrogen-bond acceptors (Lipinski definition) is 6. The lowest BCUT2D eigenvalue weighted by atomic mass is 9.81. The number of nitrogens with zero attached hydrogens (tertiary/aromatic N) is 2. The van der Waals surface area contributed by atoms with E-state index in [1.807, 2.05) is 13.8 Å².